The molecule has 1 aliphatic rings. The molecule has 0 saturated carbocycles. The van der Waals surface area contributed by atoms with Crippen molar-refractivity contribution in [2.75, 3.05) is 42.9 Å². The second kappa shape index (κ2) is 6.39. The zero-order valence-electron chi connectivity index (χ0n) is 13.2. The summed E-state index contributed by atoms with van der Waals surface area (Å²) in [6.07, 6.45) is 1.10. The molecule has 5 nitrogen and oxygen atoms in total. The third-order valence-electron chi connectivity index (χ3n) is 3.38. The Morgan fingerprint density at radius 2 is 1.95 bits per heavy atom. The van der Waals surface area contributed by atoms with Gasteiger partial charge in [-0.1, -0.05) is 27.7 Å². The van der Waals surface area contributed by atoms with Crippen LogP contribution >= 0.6 is 0 Å². The maximum absolute atomic E-state index is 4.78. The van der Waals surface area contributed by atoms with Crippen molar-refractivity contribution in [2.24, 2.45) is 0 Å². The molecule has 2 N–H and O–H groups in total. The van der Waals surface area contributed by atoms with Gasteiger partial charge in [-0.05, 0) is 6.42 Å². The van der Waals surface area contributed by atoms with Crippen LogP contribution in [-0.2, 0) is 5.41 Å². The molecule has 2 heterocycles. The molecule has 1 aromatic rings. The van der Waals surface area contributed by atoms with Gasteiger partial charge in [-0.15, -0.1) is 0 Å². The average Bonchev–Trinajstić information content (AvgIpc) is 2.45. The van der Waals surface area contributed by atoms with Crippen LogP contribution in [0.1, 0.15) is 39.9 Å². The highest BCUT2D eigenvalue weighted by molar-refractivity contribution is 5.50. The monoisotopic (exact) mass is 277 g/mol. The third kappa shape index (κ3) is 3.82. The van der Waals surface area contributed by atoms with E-state index in [9.17, 15) is 0 Å². The first-order valence-corrected chi connectivity index (χ1v) is 7.60. The highest BCUT2D eigenvalue weighted by Gasteiger charge is 2.21. The maximum Gasteiger partial charge on any atom is 0.138 e. The fraction of sp³-hybridized carbons (Fsp3) is 0.733. The smallest absolute Gasteiger partial charge is 0.138 e. The van der Waals surface area contributed by atoms with Gasteiger partial charge >= 0.3 is 0 Å². The topological polar surface area (TPSA) is 53.1 Å². The SMILES string of the molecule is CCCNc1cc(N2CCNCC2)nc(C(C)(C)C)n1. The Labute approximate surface area is 122 Å². The average molecular weight is 277 g/mol. The number of nitrogens with zero attached hydrogens (tertiary/aromatic N) is 3. The van der Waals surface area contributed by atoms with E-state index in [0.29, 0.717) is 0 Å². The molecule has 0 amide bonds. The molecular weight excluding hydrogens is 250 g/mol. The molecule has 0 atom stereocenters. The minimum absolute atomic E-state index is 0.0350. The molecule has 2 rings (SSSR count). The maximum atomic E-state index is 4.78. The van der Waals surface area contributed by atoms with Crippen molar-refractivity contribution in [3.05, 3.63) is 11.9 Å². The van der Waals surface area contributed by atoms with Crippen LogP contribution in [0.5, 0.6) is 0 Å². The molecule has 20 heavy (non-hydrogen) atoms. The first-order chi connectivity index (χ1) is 9.50. The first-order valence-electron chi connectivity index (χ1n) is 7.60. The highest BCUT2D eigenvalue weighted by atomic mass is 15.2. The number of piperazine rings is 1. The van der Waals surface area contributed by atoms with E-state index in [4.69, 9.17) is 4.98 Å². The minimum atomic E-state index is -0.0350. The molecule has 0 bridgehead atoms. The summed E-state index contributed by atoms with van der Waals surface area (Å²) in [6.45, 7) is 13.6. The van der Waals surface area contributed by atoms with Gasteiger partial charge in [0.1, 0.15) is 17.5 Å². The van der Waals surface area contributed by atoms with Gasteiger partial charge in [0, 0.05) is 44.2 Å². The molecule has 0 aromatic carbocycles. The van der Waals surface area contributed by atoms with E-state index in [1.807, 2.05) is 0 Å². The Bertz CT molecular complexity index is 432. The predicted molar refractivity (Wildman–Crippen MR) is 84.6 cm³/mol. The van der Waals surface area contributed by atoms with Crippen LogP contribution in [0.4, 0.5) is 11.6 Å². The van der Waals surface area contributed by atoms with E-state index in [0.717, 1.165) is 56.6 Å². The summed E-state index contributed by atoms with van der Waals surface area (Å²) in [6, 6.07) is 2.08. The zero-order valence-corrected chi connectivity index (χ0v) is 13.2. The number of rotatable bonds is 4. The molecule has 1 aliphatic heterocycles. The second-order valence-corrected chi connectivity index (χ2v) is 6.35. The molecule has 0 unspecified atom stereocenters. The van der Waals surface area contributed by atoms with Crippen LogP contribution < -0.4 is 15.5 Å². The number of aromatic nitrogens is 2. The molecular formula is C15H27N5. The lowest BCUT2D eigenvalue weighted by Gasteiger charge is -2.30. The molecule has 5 heteroatoms. The Kier molecular flexibility index (Phi) is 4.81. The van der Waals surface area contributed by atoms with Gasteiger partial charge in [-0.25, -0.2) is 9.97 Å². The lowest BCUT2D eigenvalue weighted by atomic mass is 9.96. The van der Waals surface area contributed by atoms with Gasteiger partial charge in [0.05, 0.1) is 0 Å². The van der Waals surface area contributed by atoms with Crippen molar-refractivity contribution in [1.29, 1.82) is 0 Å². The van der Waals surface area contributed by atoms with Crippen molar-refractivity contribution in [2.45, 2.75) is 39.5 Å². The van der Waals surface area contributed by atoms with Crippen molar-refractivity contribution in [1.82, 2.24) is 15.3 Å². The third-order valence-corrected chi connectivity index (χ3v) is 3.38. The van der Waals surface area contributed by atoms with Gasteiger partial charge in [0.25, 0.3) is 0 Å². The number of anilines is 2. The Morgan fingerprint density at radius 1 is 1.25 bits per heavy atom. The summed E-state index contributed by atoms with van der Waals surface area (Å²) in [5.74, 6) is 2.90. The summed E-state index contributed by atoms with van der Waals surface area (Å²) in [4.78, 5) is 11.8. The van der Waals surface area contributed by atoms with E-state index in [2.05, 4.69) is 54.3 Å². The van der Waals surface area contributed by atoms with Gasteiger partial charge in [-0.2, -0.15) is 0 Å². The van der Waals surface area contributed by atoms with E-state index < -0.39 is 0 Å². The molecule has 1 saturated heterocycles. The number of nitrogens with one attached hydrogen (secondary N) is 2. The van der Waals surface area contributed by atoms with Crippen LogP contribution in [0.2, 0.25) is 0 Å². The molecule has 0 spiro atoms. The van der Waals surface area contributed by atoms with Crippen LogP contribution in [0.25, 0.3) is 0 Å². The lowest BCUT2D eigenvalue weighted by Crippen LogP contribution is -2.44. The molecule has 112 valence electrons. The molecule has 0 radical (unpaired) electrons. The van der Waals surface area contributed by atoms with Gasteiger partial charge in [-0.3, -0.25) is 0 Å². The fourth-order valence-corrected chi connectivity index (χ4v) is 2.17. The Morgan fingerprint density at radius 3 is 2.55 bits per heavy atom. The van der Waals surface area contributed by atoms with Crippen LogP contribution in [-0.4, -0.2) is 42.7 Å². The highest BCUT2D eigenvalue weighted by Crippen LogP contribution is 2.24. The zero-order chi connectivity index (χ0) is 14.6. The van der Waals surface area contributed by atoms with Gasteiger partial charge in [0.15, 0.2) is 0 Å². The summed E-state index contributed by atoms with van der Waals surface area (Å²) in [7, 11) is 0. The second-order valence-electron chi connectivity index (χ2n) is 6.35. The summed E-state index contributed by atoms with van der Waals surface area (Å²) in [5.41, 5.74) is -0.0350. The summed E-state index contributed by atoms with van der Waals surface area (Å²) >= 11 is 0. The van der Waals surface area contributed by atoms with Crippen LogP contribution in [0.3, 0.4) is 0 Å². The summed E-state index contributed by atoms with van der Waals surface area (Å²) < 4.78 is 0. The van der Waals surface area contributed by atoms with Crippen molar-refractivity contribution < 1.29 is 0 Å². The minimum Gasteiger partial charge on any atom is -0.370 e. The van der Waals surface area contributed by atoms with Crippen LogP contribution in [0.15, 0.2) is 6.07 Å². The van der Waals surface area contributed by atoms with Gasteiger partial charge < -0.3 is 15.5 Å². The van der Waals surface area contributed by atoms with E-state index in [1.165, 1.54) is 0 Å². The van der Waals surface area contributed by atoms with Gasteiger partial charge in [0.2, 0.25) is 0 Å². The molecule has 0 aliphatic carbocycles. The largest absolute Gasteiger partial charge is 0.370 e. The Balaban J connectivity index is 2.29. The first kappa shape index (κ1) is 15.0. The standard InChI is InChI=1S/C15H27N5/c1-5-6-17-12-11-13(20-9-7-16-8-10-20)19-14(18-12)15(2,3)4/h11,16H,5-10H2,1-4H3,(H,17,18,19). The van der Waals surface area contributed by atoms with E-state index in [1.54, 1.807) is 0 Å². The summed E-state index contributed by atoms with van der Waals surface area (Å²) in [5, 5.41) is 6.77. The number of hydrogen-bond donors (Lipinski definition) is 2. The van der Waals surface area contributed by atoms with Crippen molar-refractivity contribution in [3.63, 3.8) is 0 Å². The molecule has 1 fully saturated rings. The van der Waals surface area contributed by atoms with Crippen molar-refractivity contribution in [3.8, 4) is 0 Å². The van der Waals surface area contributed by atoms with Crippen molar-refractivity contribution >= 4 is 11.6 Å². The quantitative estimate of drug-likeness (QED) is 0.881. The normalized spacial score (nSPS) is 16.3. The lowest BCUT2D eigenvalue weighted by molar-refractivity contribution is 0.538. The fourth-order valence-electron chi connectivity index (χ4n) is 2.17. The van der Waals surface area contributed by atoms with E-state index in [-0.39, 0.29) is 5.41 Å². The molecule has 1 aromatic heterocycles. The Hall–Kier alpha value is -1.36. The predicted octanol–water partition coefficient (Wildman–Crippen LogP) is 2.01. The van der Waals surface area contributed by atoms with Crippen LogP contribution in [0, 0.1) is 0 Å². The number of hydrogen-bond acceptors (Lipinski definition) is 5. The van der Waals surface area contributed by atoms with E-state index >= 15 is 0 Å².